The van der Waals surface area contributed by atoms with Gasteiger partial charge in [-0.05, 0) is 98.3 Å². The highest BCUT2D eigenvalue weighted by atomic mass is 31.1. The first-order valence-corrected chi connectivity index (χ1v) is 13.0. The summed E-state index contributed by atoms with van der Waals surface area (Å²) in [5.41, 5.74) is 6.08. The lowest BCUT2D eigenvalue weighted by molar-refractivity contribution is 0.898. The molecule has 0 spiro atoms. The third kappa shape index (κ3) is 18.4. The summed E-state index contributed by atoms with van der Waals surface area (Å²) in [4.78, 5) is 0. The van der Waals surface area contributed by atoms with Crippen molar-refractivity contribution in [3.8, 4) is 0 Å². The van der Waals surface area contributed by atoms with E-state index in [2.05, 4.69) is 65.6 Å². The molecule has 0 aromatic rings. The summed E-state index contributed by atoms with van der Waals surface area (Å²) < 4.78 is 0. The molecule has 0 aliphatic rings. The van der Waals surface area contributed by atoms with Gasteiger partial charge in [-0.2, -0.15) is 0 Å². The van der Waals surface area contributed by atoms with E-state index in [1.165, 1.54) is 76.7 Å². The molecule has 0 radical (unpaired) electrons. The van der Waals surface area contributed by atoms with Crippen LogP contribution in [0.25, 0.3) is 0 Å². The van der Waals surface area contributed by atoms with Crippen molar-refractivity contribution in [1.82, 2.24) is 0 Å². The molecule has 0 aromatic heterocycles. The van der Waals surface area contributed by atoms with Gasteiger partial charge in [0, 0.05) is 0 Å². The smallest absolute Gasteiger partial charge is 0.0178 e. The quantitative estimate of drug-likeness (QED) is 0.161. The molecule has 0 saturated heterocycles. The molecule has 144 valence electrons. The monoisotopic (exact) mass is 380 g/mol. The lowest BCUT2D eigenvalue weighted by Gasteiger charge is -2.03. The highest BCUT2D eigenvalue weighted by Gasteiger charge is 1.94. The van der Waals surface area contributed by atoms with E-state index in [1.807, 2.05) is 0 Å². The molecule has 0 aliphatic heterocycles. The maximum Gasteiger partial charge on any atom is -0.0178 e. The SMILES string of the molecule is CPCPCC/C=C(\C)CC/C=C(\C)CC/C=C(\C)CCC=C(C)C. The molecule has 0 N–H and O–H groups in total. The molecule has 0 heterocycles. The van der Waals surface area contributed by atoms with Gasteiger partial charge in [0.2, 0.25) is 0 Å². The van der Waals surface area contributed by atoms with Gasteiger partial charge in [0.15, 0.2) is 0 Å². The van der Waals surface area contributed by atoms with Gasteiger partial charge in [0.25, 0.3) is 0 Å². The van der Waals surface area contributed by atoms with Crippen molar-refractivity contribution in [2.75, 3.05) is 18.7 Å². The van der Waals surface area contributed by atoms with Crippen LogP contribution in [0.3, 0.4) is 0 Å². The Balaban J connectivity index is 3.90. The van der Waals surface area contributed by atoms with Gasteiger partial charge < -0.3 is 0 Å². The van der Waals surface area contributed by atoms with Crippen LogP contribution in [-0.2, 0) is 0 Å². The fourth-order valence-electron chi connectivity index (χ4n) is 2.62. The molecule has 0 saturated carbocycles. The Morgan fingerprint density at radius 1 is 0.640 bits per heavy atom. The predicted molar refractivity (Wildman–Crippen MR) is 125 cm³/mol. The van der Waals surface area contributed by atoms with Crippen molar-refractivity contribution in [2.24, 2.45) is 0 Å². The van der Waals surface area contributed by atoms with E-state index < -0.39 is 0 Å². The van der Waals surface area contributed by atoms with Crippen molar-refractivity contribution in [1.29, 1.82) is 0 Å². The highest BCUT2D eigenvalue weighted by Crippen LogP contribution is 2.21. The van der Waals surface area contributed by atoms with Crippen molar-refractivity contribution in [3.63, 3.8) is 0 Å². The van der Waals surface area contributed by atoms with E-state index in [0.29, 0.717) is 0 Å². The molecule has 0 bridgehead atoms. The standard InChI is InChI=1S/C23H42P2/c1-20(2)11-7-12-21(3)13-8-14-22(4)15-9-16-23(5)17-10-18-25-19-24-6/h11,13,15,17,24-25H,7-10,12,14,16,18-19H2,1-6H3/b21-13+,22-15+,23-17+. The Labute approximate surface area is 162 Å². The topological polar surface area (TPSA) is 0 Å². The van der Waals surface area contributed by atoms with E-state index in [1.54, 1.807) is 11.1 Å². The van der Waals surface area contributed by atoms with E-state index >= 15 is 0 Å². The van der Waals surface area contributed by atoms with Gasteiger partial charge >= 0.3 is 0 Å². The molecule has 0 aromatic carbocycles. The lowest BCUT2D eigenvalue weighted by atomic mass is 10.0. The van der Waals surface area contributed by atoms with Crippen molar-refractivity contribution in [2.45, 2.75) is 79.6 Å². The van der Waals surface area contributed by atoms with Crippen LogP contribution in [0, 0.1) is 0 Å². The first-order valence-electron chi connectivity index (χ1n) is 9.91. The summed E-state index contributed by atoms with van der Waals surface area (Å²) in [5.74, 6) is 1.44. The maximum atomic E-state index is 2.47. The minimum Gasteiger partial charge on any atom is -0.121 e. The summed E-state index contributed by atoms with van der Waals surface area (Å²) in [6.07, 6.45) is 19.6. The van der Waals surface area contributed by atoms with E-state index in [-0.39, 0.29) is 0 Å². The summed E-state index contributed by atoms with van der Waals surface area (Å²) in [5, 5.41) is 0. The number of hydrogen-bond donors (Lipinski definition) is 0. The zero-order valence-corrected chi connectivity index (χ0v) is 19.7. The third-order valence-electron chi connectivity index (χ3n) is 4.27. The molecule has 0 fully saturated rings. The van der Waals surface area contributed by atoms with Crippen molar-refractivity contribution in [3.05, 3.63) is 46.6 Å². The van der Waals surface area contributed by atoms with Gasteiger partial charge in [0.05, 0.1) is 0 Å². The molecular weight excluding hydrogens is 338 g/mol. The summed E-state index contributed by atoms with van der Waals surface area (Å²) in [6.45, 7) is 13.5. The second-order valence-electron chi connectivity index (χ2n) is 7.37. The van der Waals surface area contributed by atoms with Gasteiger partial charge in [-0.3, -0.25) is 0 Å². The number of allylic oxidation sites excluding steroid dienone is 8. The molecule has 25 heavy (non-hydrogen) atoms. The van der Waals surface area contributed by atoms with Gasteiger partial charge in [-0.15, -0.1) is 17.2 Å². The Hall–Kier alpha value is -0.180. The van der Waals surface area contributed by atoms with Crippen LogP contribution in [0.15, 0.2) is 46.6 Å². The van der Waals surface area contributed by atoms with Crippen LogP contribution >= 0.6 is 17.2 Å². The Bertz CT molecular complexity index is 449. The van der Waals surface area contributed by atoms with Crippen molar-refractivity contribution >= 4 is 17.2 Å². The minimum absolute atomic E-state index is 1.13. The highest BCUT2D eigenvalue weighted by molar-refractivity contribution is 7.55. The minimum atomic E-state index is 1.13. The zero-order chi connectivity index (χ0) is 18.9. The fraction of sp³-hybridized carbons (Fsp3) is 0.652. The van der Waals surface area contributed by atoms with Crippen LogP contribution in [-0.4, -0.2) is 18.7 Å². The molecule has 0 rings (SSSR count). The number of hydrogen-bond acceptors (Lipinski definition) is 0. The average molecular weight is 381 g/mol. The summed E-state index contributed by atoms with van der Waals surface area (Å²) >= 11 is 0. The third-order valence-corrected chi connectivity index (χ3v) is 7.33. The second-order valence-corrected chi connectivity index (χ2v) is 10.5. The van der Waals surface area contributed by atoms with E-state index in [9.17, 15) is 0 Å². The average Bonchev–Trinajstić information content (AvgIpc) is 2.54. The molecule has 0 aliphatic carbocycles. The lowest BCUT2D eigenvalue weighted by Crippen LogP contribution is -1.83. The molecule has 0 amide bonds. The normalized spacial score (nSPS) is 14.2. The Kier molecular flexibility index (Phi) is 17.1. The first-order chi connectivity index (χ1) is 12.0. The summed E-state index contributed by atoms with van der Waals surface area (Å²) in [6, 6.07) is 0. The summed E-state index contributed by atoms with van der Waals surface area (Å²) in [7, 11) is 2.31. The van der Waals surface area contributed by atoms with Gasteiger partial charge in [-0.1, -0.05) is 46.6 Å². The molecular formula is C23H42P2. The molecule has 2 atom stereocenters. The van der Waals surface area contributed by atoms with Crippen molar-refractivity contribution < 1.29 is 0 Å². The van der Waals surface area contributed by atoms with Crippen LogP contribution in [0.2, 0.25) is 0 Å². The van der Waals surface area contributed by atoms with Crippen LogP contribution in [0.1, 0.15) is 79.6 Å². The second kappa shape index (κ2) is 17.2. The molecule has 2 heteroatoms. The van der Waals surface area contributed by atoms with Gasteiger partial charge in [0.1, 0.15) is 0 Å². The van der Waals surface area contributed by atoms with Gasteiger partial charge in [-0.25, -0.2) is 0 Å². The maximum absolute atomic E-state index is 2.47. The Morgan fingerprint density at radius 2 is 1.08 bits per heavy atom. The fourth-order valence-corrected chi connectivity index (χ4v) is 4.68. The van der Waals surface area contributed by atoms with Crippen LogP contribution in [0.5, 0.6) is 0 Å². The molecule has 0 nitrogen and oxygen atoms in total. The van der Waals surface area contributed by atoms with E-state index in [0.717, 1.165) is 8.58 Å². The number of rotatable bonds is 14. The van der Waals surface area contributed by atoms with Crippen LogP contribution in [0.4, 0.5) is 0 Å². The Morgan fingerprint density at radius 3 is 1.52 bits per heavy atom. The molecule has 2 unspecified atom stereocenters. The van der Waals surface area contributed by atoms with E-state index in [4.69, 9.17) is 0 Å². The predicted octanol–water partition coefficient (Wildman–Crippen LogP) is 8.47. The first kappa shape index (κ1) is 24.8. The zero-order valence-electron chi connectivity index (χ0n) is 17.7. The largest absolute Gasteiger partial charge is 0.121 e. The van der Waals surface area contributed by atoms with Crippen LogP contribution < -0.4 is 0 Å².